The minimum atomic E-state index is 0.000509. The predicted octanol–water partition coefficient (Wildman–Crippen LogP) is 18.0. The van der Waals surface area contributed by atoms with E-state index in [0.717, 1.165) is 96.7 Å². The van der Waals surface area contributed by atoms with Crippen molar-refractivity contribution in [2.24, 2.45) is 15.9 Å². The molecular weight excluding hydrogens is 865 g/mol. The van der Waals surface area contributed by atoms with E-state index in [-0.39, 0.29) is 11.8 Å². The zero-order valence-electron chi connectivity index (χ0n) is 39.8. The summed E-state index contributed by atoms with van der Waals surface area (Å²) in [5.41, 5.74) is 16.3. The van der Waals surface area contributed by atoms with Gasteiger partial charge in [0.25, 0.3) is 0 Å². The lowest BCUT2D eigenvalue weighted by Crippen LogP contribution is -2.20. The highest BCUT2D eigenvalue weighted by Gasteiger charge is 2.31. The molecule has 4 heteroatoms. The van der Waals surface area contributed by atoms with Crippen LogP contribution in [0.5, 0.6) is 0 Å². The molecule has 0 saturated heterocycles. The number of hydrogen-bond donors (Lipinski definition) is 0. The van der Waals surface area contributed by atoms with Crippen molar-refractivity contribution in [3.05, 3.63) is 246 Å². The second-order valence-corrected chi connectivity index (χ2v) is 19.2. The number of benzene rings is 10. The standard InChI is InChI=1S/C67H50N2O2/c1-4-41(2)64(69-67(58-29-17-28-56-54-26-12-14-30-61(54)70-65(56)58)68-42(3)44-24-16-25-45(34-44)43-18-6-5-7-19-43)63-53(32-33-57-55-27-13-15-31-62(55)71-66(57)63)50-37-51-35-46-20-8-10-22-48(46)39-59(51)60-40-49-23-11-9-21-47(49)36-52(60)38-50/h5-36,39-41,50H,3-4,37-38H2,1-2H3. The van der Waals surface area contributed by atoms with Gasteiger partial charge in [-0.1, -0.05) is 190 Å². The van der Waals surface area contributed by atoms with Crippen LogP contribution in [-0.2, 0) is 12.8 Å². The highest BCUT2D eigenvalue weighted by molar-refractivity contribution is 6.23. The first-order chi connectivity index (χ1) is 35.0. The smallest absolute Gasteiger partial charge is 0.163 e. The fourth-order valence-electron chi connectivity index (χ4n) is 11.1. The van der Waals surface area contributed by atoms with Crippen LogP contribution in [0, 0.1) is 5.92 Å². The number of rotatable bonds is 8. The molecule has 1 atom stereocenters. The molecule has 10 aromatic carbocycles. The van der Waals surface area contributed by atoms with E-state index in [1.54, 1.807) is 0 Å². The van der Waals surface area contributed by atoms with E-state index in [2.05, 4.69) is 208 Å². The fraction of sp³-hybridized carbons (Fsp3) is 0.104. The summed E-state index contributed by atoms with van der Waals surface area (Å²) >= 11 is 0. The second kappa shape index (κ2) is 17.4. The summed E-state index contributed by atoms with van der Waals surface area (Å²) in [6, 6.07) is 73.7. The predicted molar refractivity (Wildman–Crippen MR) is 298 cm³/mol. The average Bonchev–Trinajstić information content (AvgIpc) is 3.96. The topological polar surface area (TPSA) is 51.0 Å². The zero-order chi connectivity index (χ0) is 47.6. The Morgan fingerprint density at radius 1 is 0.521 bits per heavy atom. The number of nitrogens with zero attached hydrogens (tertiary/aromatic N) is 2. The SMILES string of the molecule is C=C(N=C(N=C(c1c(C2Cc3cc4ccccc4cc3-c3cc4ccccc4cc3C2)ccc2c1oc1ccccc12)C(C)CC)c1cccc2c1oc1ccccc12)c1cccc(-c2ccccc2)c1. The third-order valence-corrected chi connectivity index (χ3v) is 14.9. The number of amidine groups is 1. The van der Waals surface area contributed by atoms with Gasteiger partial charge in [0.15, 0.2) is 5.84 Å². The van der Waals surface area contributed by atoms with E-state index in [1.165, 1.54) is 49.4 Å². The highest BCUT2D eigenvalue weighted by Crippen LogP contribution is 2.45. The summed E-state index contributed by atoms with van der Waals surface area (Å²) in [6.07, 6.45) is 2.52. The number of furan rings is 2. The van der Waals surface area contributed by atoms with Crippen LogP contribution in [0.25, 0.3) is 93.4 Å². The van der Waals surface area contributed by atoms with E-state index < -0.39 is 0 Å². The summed E-state index contributed by atoms with van der Waals surface area (Å²) in [5.74, 6) is 0.614. The van der Waals surface area contributed by atoms with Gasteiger partial charge in [-0.2, -0.15) is 0 Å². The molecule has 0 amide bonds. The van der Waals surface area contributed by atoms with E-state index in [1.807, 2.05) is 18.2 Å². The van der Waals surface area contributed by atoms with Gasteiger partial charge < -0.3 is 8.83 Å². The van der Waals surface area contributed by atoms with Gasteiger partial charge >= 0.3 is 0 Å². The third kappa shape index (κ3) is 7.46. The van der Waals surface area contributed by atoms with E-state index >= 15 is 0 Å². The third-order valence-electron chi connectivity index (χ3n) is 14.9. The van der Waals surface area contributed by atoms with Gasteiger partial charge in [0.05, 0.1) is 17.0 Å². The maximum Gasteiger partial charge on any atom is 0.163 e. The molecule has 13 rings (SSSR count). The van der Waals surface area contributed by atoms with Crippen LogP contribution < -0.4 is 0 Å². The molecule has 0 N–H and O–H groups in total. The van der Waals surface area contributed by atoms with Gasteiger partial charge in [0, 0.05) is 32.7 Å². The second-order valence-electron chi connectivity index (χ2n) is 19.2. The maximum absolute atomic E-state index is 7.12. The molecular formula is C67H50N2O2. The minimum Gasteiger partial charge on any atom is -0.455 e. The van der Waals surface area contributed by atoms with Gasteiger partial charge in [-0.05, 0) is 128 Å². The number of aliphatic imine (C=N–C) groups is 2. The number of hydrogen-bond acceptors (Lipinski definition) is 3. The van der Waals surface area contributed by atoms with Crippen molar-refractivity contribution in [3.8, 4) is 22.3 Å². The molecule has 1 aliphatic rings. The van der Waals surface area contributed by atoms with Gasteiger partial charge in [0.1, 0.15) is 22.3 Å². The summed E-state index contributed by atoms with van der Waals surface area (Å²) in [5, 5.41) is 9.21. The summed E-state index contributed by atoms with van der Waals surface area (Å²) in [4.78, 5) is 11.4. The first kappa shape index (κ1) is 42.5. The molecule has 4 nitrogen and oxygen atoms in total. The molecule has 0 aliphatic heterocycles. The van der Waals surface area contributed by atoms with Crippen LogP contribution in [0.3, 0.4) is 0 Å². The van der Waals surface area contributed by atoms with Gasteiger partial charge in [-0.25, -0.2) is 9.98 Å². The summed E-state index contributed by atoms with van der Waals surface area (Å²) < 4.78 is 13.9. The molecule has 0 bridgehead atoms. The van der Waals surface area contributed by atoms with Gasteiger partial charge in [-0.3, -0.25) is 0 Å². The van der Waals surface area contributed by atoms with Crippen LogP contribution in [0.4, 0.5) is 0 Å². The van der Waals surface area contributed by atoms with Crippen molar-refractivity contribution in [2.75, 3.05) is 0 Å². The molecule has 1 unspecified atom stereocenters. The zero-order valence-corrected chi connectivity index (χ0v) is 39.8. The Morgan fingerprint density at radius 3 is 1.70 bits per heavy atom. The van der Waals surface area contributed by atoms with Crippen molar-refractivity contribution < 1.29 is 8.83 Å². The van der Waals surface area contributed by atoms with E-state index in [0.29, 0.717) is 11.5 Å². The summed E-state index contributed by atoms with van der Waals surface area (Å²) in [6.45, 7) is 9.19. The van der Waals surface area contributed by atoms with Crippen LogP contribution in [0.2, 0.25) is 0 Å². The number of para-hydroxylation sites is 3. The molecule has 0 spiro atoms. The lowest BCUT2D eigenvalue weighted by molar-refractivity contribution is 0.654. The molecule has 12 aromatic rings. The molecule has 1 aliphatic carbocycles. The van der Waals surface area contributed by atoms with Crippen LogP contribution in [-0.4, -0.2) is 11.5 Å². The van der Waals surface area contributed by atoms with Gasteiger partial charge in [0.2, 0.25) is 0 Å². The molecule has 0 saturated carbocycles. The van der Waals surface area contributed by atoms with E-state index in [4.69, 9.17) is 18.8 Å². The quantitative estimate of drug-likeness (QED) is 0.113. The Labute approximate surface area is 413 Å². The van der Waals surface area contributed by atoms with Crippen LogP contribution in [0.15, 0.2) is 232 Å². The van der Waals surface area contributed by atoms with Crippen molar-refractivity contribution >= 4 is 82.7 Å². The maximum atomic E-state index is 7.12. The highest BCUT2D eigenvalue weighted by atomic mass is 16.3. The Morgan fingerprint density at radius 2 is 1.06 bits per heavy atom. The Hall–Kier alpha value is -8.60. The molecule has 0 radical (unpaired) electrons. The van der Waals surface area contributed by atoms with Crippen molar-refractivity contribution in [1.82, 2.24) is 0 Å². The summed E-state index contributed by atoms with van der Waals surface area (Å²) in [7, 11) is 0. The van der Waals surface area contributed by atoms with Crippen LogP contribution in [0.1, 0.15) is 59.6 Å². The number of fused-ring (bicyclic) bond motifs is 11. The lowest BCUT2D eigenvalue weighted by atomic mass is 9.81. The van der Waals surface area contributed by atoms with Crippen LogP contribution >= 0.6 is 0 Å². The first-order valence-corrected chi connectivity index (χ1v) is 24.9. The Balaban J connectivity index is 1.07. The first-order valence-electron chi connectivity index (χ1n) is 24.9. The van der Waals surface area contributed by atoms with Crippen molar-refractivity contribution in [1.29, 1.82) is 0 Å². The molecule has 0 fully saturated rings. The van der Waals surface area contributed by atoms with E-state index in [9.17, 15) is 0 Å². The average molecular weight is 915 g/mol. The van der Waals surface area contributed by atoms with Crippen molar-refractivity contribution in [3.63, 3.8) is 0 Å². The molecule has 2 aromatic heterocycles. The molecule has 2 heterocycles. The fourth-order valence-corrected chi connectivity index (χ4v) is 11.1. The lowest BCUT2D eigenvalue weighted by Gasteiger charge is -2.24. The monoisotopic (exact) mass is 914 g/mol. The largest absolute Gasteiger partial charge is 0.455 e. The van der Waals surface area contributed by atoms with Gasteiger partial charge in [-0.15, -0.1) is 0 Å². The Kier molecular flexibility index (Phi) is 10.4. The van der Waals surface area contributed by atoms with Crippen molar-refractivity contribution in [2.45, 2.75) is 39.0 Å². The Bertz CT molecular complexity index is 4060. The normalized spacial score (nSPS) is 13.8. The molecule has 340 valence electrons. The minimum absolute atomic E-state index is 0.000509. The molecule has 71 heavy (non-hydrogen) atoms.